The molecule has 4 fully saturated rings. The molecule has 4 aliphatic rings. The summed E-state index contributed by atoms with van der Waals surface area (Å²) in [6.45, 7) is 11.9. The molecular weight excluding hydrogens is 941 g/mol. The van der Waals surface area contributed by atoms with Crippen molar-refractivity contribution in [3.05, 3.63) is 87.5 Å². The van der Waals surface area contributed by atoms with E-state index in [1.54, 1.807) is 26.6 Å². The molecule has 67 heavy (non-hydrogen) atoms. The highest BCUT2D eigenvalue weighted by Gasteiger charge is 2.33. The molecule has 4 N–H and O–H groups in total. The van der Waals surface area contributed by atoms with Crippen LogP contribution >= 0.6 is 23.1 Å². The van der Waals surface area contributed by atoms with Crippen LogP contribution in [0.15, 0.2) is 59.2 Å². The van der Waals surface area contributed by atoms with Crippen molar-refractivity contribution < 1.29 is 27.7 Å². The monoisotopic (exact) mass is 998 g/mol. The second-order valence-corrected chi connectivity index (χ2v) is 22.5. The van der Waals surface area contributed by atoms with Crippen molar-refractivity contribution in [2.24, 2.45) is 0 Å². The molecule has 2 aromatic heterocycles. The van der Waals surface area contributed by atoms with Gasteiger partial charge in [-0.1, -0.05) is 6.92 Å². The van der Waals surface area contributed by atoms with E-state index in [0.29, 0.717) is 63.6 Å². The van der Waals surface area contributed by atoms with Gasteiger partial charge >= 0.3 is 0 Å². The second kappa shape index (κ2) is 19.8. The first-order valence-electron chi connectivity index (χ1n) is 23.3. The number of benzene rings is 3. The molecule has 5 aromatic rings. The van der Waals surface area contributed by atoms with E-state index in [1.165, 1.54) is 17.7 Å². The quantitative estimate of drug-likeness (QED) is 0.0588. The summed E-state index contributed by atoms with van der Waals surface area (Å²) in [6.07, 6.45) is 7.54. The van der Waals surface area contributed by atoms with Crippen LogP contribution in [-0.4, -0.2) is 115 Å². The zero-order valence-corrected chi connectivity index (χ0v) is 40.9. The summed E-state index contributed by atoms with van der Waals surface area (Å²) >= 11 is 3.63. The predicted molar refractivity (Wildman–Crippen MR) is 265 cm³/mol. The maximum Gasteiger partial charge on any atom is 0.234 e. The highest BCUT2D eigenvalue weighted by molar-refractivity contribution is 9.10. The Morgan fingerprint density at radius 1 is 0.896 bits per heavy atom. The summed E-state index contributed by atoms with van der Waals surface area (Å²) < 4.78 is 50.7. The standard InChI is InChI=1S/C49H58BrF2N10O4P/c1-5-30-26-40(57-49-53-28-35(50)47(59-49)56-39-11-10-38-33(46(39)67(3,4)65)8-12-43(55-38)54-31-6-7-31)42(66-2)27-41(30)62-18-15-32(16-19-62)61-22-20-60(21-23-61)17-14-29-24-36(51)45(37(52)25-29)34-9-13-44(63)58-48(34)64/h8,10-12,24-28,31-32,34H,5-7,9,13-23H2,1-4H3,(H,54,55)(H,58,63,64)(H2,53,56,57,59). The molecule has 5 heterocycles. The lowest BCUT2D eigenvalue weighted by Crippen LogP contribution is -2.53. The Hall–Kier alpha value is -5.22. The summed E-state index contributed by atoms with van der Waals surface area (Å²) in [5, 5.41) is 14.1. The van der Waals surface area contributed by atoms with Gasteiger partial charge in [0.05, 0.1) is 34.4 Å². The fraction of sp³-hybridized carbons (Fsp3) is 0.449. The summed E-state index contributed by atoms with van der Waals surface area (Å²) in [5.41, 5.74) is 4.87. The van der Waals surface area contributed by atoms with Gasteiger partial charge in [0.25, 0.3) is 0 Å². The number of piperazine rings is 1. The average molecular weight is 1000 g/mol. The van der Waals surface area contributed by atoms with E-state index in [9.17, 15) is 14.2 Å². The van der Waals surface area contributed by atoms with Crippen LogP contribution in [0.1, 0.15) is 68.1 Å². The van der Waals surface area contributed by atoms with Crippen LogP contribution in [0.25, 0.3) is 10.9 Å². The van der Waals surface area contributed by atoms with Crippen molar-refractivity contribution in [3.8, 4) is 5.75 Å². The minimum atomic E-state index is -2.77. The van der Waals surface area contributed by atoms with Crippen LogP contribution in [0.5, 0.6) is 5.75 Å². The van der Waals surface area contributed by atoms with Crippen molar-refractivity contribution in [2.45, 2.75) is 76.3 Å². The summed E-state index contributed by atoms with van der Waals surface area (Å²) in [6, 6.07) is 15.7. The van der Waals surface area contributed by atoms with Gasteiger partial charge in [-0.2, -0.15) is 4.98 Å². The highest BCUT2D eigenvalue weighted by atomic mass is 79.9. The number of hydrogen-bond donors (Lipinski definition) is 4. The zero-order chi connectivity index (χ0) is 47.0. The Morgan fingerprint density at radius 3 is 2.31 bits per heavy atom. The predicted octanol–water partition coefficient (Wildman–Crippen LogP) is 8.30. The summed E-state index contributed by atoms with van der Waals surface area (Å²) in [5.74, 6) is -1.12. The molecule has 3 aromatic carbocycles. The Kier molecular flexibility index (Phi) is 13.8. The van der Waals surface area contributed by atoms with E-state index >= 15 is 8.78 Å². The van der Waals surface area contributed by atoms with Gasteiger partial charge in [-0.3, -0.25) is 19.8 Å². The van der Waals surface area contributed by atoms with E-state index in [1.807, 2.05) is 24.3 Å². The van der Waals surface area contributed by atoms with Gasteiger partial charge in [0, 0.05) is 98.5 Å². The van der Waals surface area contributed by atoms with E-state index in [-0.39, 0.29) is 18.4 Å². The SMILES string of the molecule is CCc1cc(Nc2ncc(Br)c(Nc3ccc4nc(NC5CC5)ccc4c3P(C)(C)=O)n2)c(OC)cc1N1CCC(N2CCN(CCc3cc(F)c(C4CCC(=O)NC4=O)c(F)c3)CC2)CC1. The lowest BCUT2D eigenvalue weighted by atomic mass is 9.89. The first-order valence-corrected chi connectivity index (χ1v) is 26.7. The molecule has 0 bridgehead atoms. The van der Waals surface area contributed by atoms with E-state index in [4.69, 9.17) is 14.7 Å². The minimum absolute atomic E-state index is 0.0641. The summed E-state index contributed by atoms with van der Waals surface area (Å²) in [4.78, 5) is 45.5. The molecular formula is C49H58BrF2N10O4P. The molecule has 1 aliphatic carbocycles. The molecule has 2 amide bonds. The number of carbonyl (C=O) groups is 2. The van der Waals surface area contributed by atoms with Gasteiger partial charge in [-0.05, 0) is 128 Å². The van der Waals surface area contributed by atoms with Gasteiger partial charge < -0.3 is 35.1 Å². The van der Waals surface area contributed by atoms with E-state index < -0.39 is 36.5 Å². The van der Waals surface area contributed by atoms with Crippen LogP contribution < -0.4 is 36.2 Å². The first-order chi connectivity index (χ1) is 32.2. The first kappa shape index (κ1) is 46.9. The maximum atomic E-state index is 15.1. The Labute approximate surface area is 398 Å². The average Bonchev–Trinajstić information content (AvgIpc) is 4.13. The third-order valence-electron chi connectivity index (χ3n) is 13.5. The van der Waals surface area contributed by atoms with Crippen LogP contribution in [0.2, 0.25) is 0 Å². The van der Waals surface area contributed by atoms with Gasteiger partial charge in [0.15, 0.2) is 0 Å². The number of methoxy groups -OCH3 is 1. The number of aryl methyl sites for hydroxylation is 1. The molecule has 3 saturated heterocycles. The largest absolute Gasteiger partial charge is 0.494 e. The molecule has 1 saturated carbocycles. The van der Waals surface area contributed by atoms with Crippen molar-refractivity contribution in [1.82, 2.24) is 30.1 Å². The van der Waals surface area contributed by atoms with Crippen LogP contribution in [0, 0.1) is 11.6 Å². The molecule has 14 nitrogen and oxygen atoms in total. The number of hydrogen-bond acceptors (Lipinski definition) is 13. The molecule has 354 valence electrons. The van der Waals surface area contributed by atoms with Gasteiger partial charge in [0.1, 0.15) is 36.2 Å². The molecule has 0 spiro atoms. The number of fused-ring (bicyclic) bond motifs is 1. The minimum Gasteiger partial charge on any atom is -0.494 e. The van der Waals surface area contributed by atoms with E-state index in [0.717, 1.165) is 99.5 Å². The number of pyridine rings is 1. The number of carbonyl (C=O) groups excluding carboxylic acids is 2. The lowest BCUT2D eigenvalue weighted by Gasteiger charge is -2.43. The lowest BCUT2D eigenvalue weighted by molar-refractivity contribution is -0.134. The number of nitrogens with one attached hydrogen (secondary N) is 4. The van der Waals surface area contributed by atoms with E-state index in [2.05, 4.69) is 75.9 Å². The number of rotatable bonds is 15. The molecule has 18 heteroatoms. The van der Waals surface area contributed by atoms with Crippen molar-refractivity contribution in [2.75, 3.05) is 87.1 Å². The van der Waals surface area contributed by atoms with Gasteiger partial charge in [-0.15, -0.1) is 0 Å². The third kappa shape index (κ3) is 10.6. The molecule has 1 unspecified atom stereocenters. The van der Waals surface area contributed by atoms with Crippen LogP contribution in [0.3, 0.4) is 0 Å². The smallest absolute Gasteiger partial charge is 0.234 e. The molecule has 1 atom stereocenters. The third-order valence-corrected chi connectivity index (χ3v) is 15.6. The fourth-order valence-corrected chi connectivity index (χ4v) is 11.6. The Morgan fingerprint density at radius 2 is 1.64 bits per heavy atom. The number of halogens is 3. The van der Waals surface area contributed by atoms with Crippen LogP contribution in [-0.2, 0) is 27.0 Å². The van der Waals surface area contributed by atoms with Gasteiger partial charge in [-0.25, -0.2) is 18.7 Å². The number of piperidine rings is 2. The fourth-order valence-electron chi connectivity index (χ4n) is 9.80. The summed E-state index contributed by atoms with van der Waals surface area (Å²) in [7, 11) is -1.10. The highest BCUT2D eigenvalue weighted by Crippen LogP contribution is 2.43. The zero-order valence-electron chi connectivity index (χ0n) is 38.4. The normalized spacial score (nSPS) is 18.9. The number of anilines is 6. The number of imide groups is 1. The number of ether oxygens (including phenoxy) is 1. The molecule has 0 radical (unpaired) electrons. The Bertz CT molecular complexity index is 2720. The number of amides is 2. The number of nitrogens with zero attached hydrogens (tertiary/aromatic N) is 6. The van der Waals surface area contributed by atoms with Crippen molar-refractivity contribution >= 4 is 85.7 Å². The van der Waals surface area contributed by atoms with Crippen molar-refractivity contribution in [1.29, 1.82) is 0 Å². The Balaban J connectivity index is 0.807. The van der Waals surface area contributed by atoms with Crippen LogP contribution in [0.4, 0.5) is 43.4 Å². The van der Waals surface area contributed by atoms with Gasteiger partial charge in [0.2, 0.25) is 17.8 Å². The molecule has 9 rings (SSSR count). The second-order valence-electron chi connectivity index (χ2n) is 18.5. The van der Waals surface area contributed by atoms with Crippen molar-refractivity contribution in [3.63, 3.8) is 0 Å². The number of aromatic nitrogens is 3. The topological polar surface area (TPSA) is 157 Å². The molecule has 3 aliphatic heterocycles. The maximum absolute atomic E-state index is 15.1.